The maximum atomic E-state index is 11.4. The summed E-state index contributed by atoms with van der Waals surface area (Å²) in [5.41, 5.74) is 2.75. The lowest BCUT2D eigenvalue weighted by atomic mass is 9.93. The number of benzene rings is 1. The Morgan fingerprint density at radius 1 is 1.16 bits per heavy atom. The number of fused-ring (bicyclic) bond motifs is 1. The SMILES string of the molecule is COC(=O)c1ccc(N2CCC(c3cc4ccccc4[nH]3)CC2)nn1. The van der Waals surface area contributed by atoms with Gasteiger partial charge in [-0.15, -0.1) is 10.2 Å². The summed E-state index contributed by atoms with van der Waals surface area (Å²) in [6, 6.07) is 14.2. The fraction of sp³-hybridized carbons (Fsp3) is 0.316. The highest BCUT2D eigenvalue weighted by Crippen LogP contribution is 2.31. The van der Waals surface area contributed by atoms with Gasteiger partial charge in [-0.1, -0.05) is 18.2 Å². The van der Waals surface area contributed by atoms with Crippen LogP contribution in [0.2, 0.25) is 0 Å². The molecule has 0 bridgehead atoms. The van der Waals surface area contributed by atoms with Gasteiger partial charge < -0.3 is 14.6 Å². The van der Waals surface area contributed by atoms with Crippen LogP contribution < -0.4 is 4.90 Å². The first-order valence-corrected chi connectivity index (χ1v) is 8.49. The second kappa shape index (κ2) is 6.55. The van der Waals surface area contributed by atoms with Crippen molar-refractivity contribution < 1.29 is 9.53 Å². The van der Waals surface area contributed by atoms with Crippen LogP contribution >= 0.6 is 0 Å². The van der Waals surface area contributed by atoms with Crippen LogP contribution in [0.25, 0.3) is 10.9 Å². The van der Waals surface area contributed by atoms with Gasteiger partial charge in [0, 0.05) is 30.2 Å². The number of ether oxygens (including phenoxy) is 1. The zero-order valence-corrected chi connectivity index (χ0v) is 14.1. The number of methoxy groups -OCH3 is 1. The van der Waals surface area contributed by atoms with Crippen LogP contribution in [0, 0.1) is 0 Å². The van der Waals surface area contributed by atoms with Crippen LogP contribution in [0.4, 0.5) is 5.82 Å². The molecule has 0 unspecified atom stereocenters. The Morgan fingerprint density at radius 2 is 1.96 bits per heavy atom. The van der Waals surface area contributed by atoms with Gasteiger partial charge in [0.2, 0.25) is 0 Å². The molecule has 6 heteroatoms. The van der Waals surface area contributed by atoms with E-state index >= 15 is 0 Å². The van der Waals surface area contributed by atoms with Crippen LogP contribution in [0.3, 0.4) is 0 Å². The monoisotopic (exact) mass is 336 g/mol. The Morgan fingerprint density at radius 3 is 2.64 bits per heavy atom. The smallest absolute Gasteiger partial charge is 0.358 e. The van der Waals surface area contributed by atoms with Crippen molar-refractivity contribution in [2.75, 3.05) is 25.1 Å². The van der Waals surface area contributed by atoms with E-state index in [1.54, 1.807) is 6.07 Å². The minimum atomic E-state index is -0.462. The molecular formula is C19H20N4O2. The third kappa shape index (κ3) is 3.07. The molecule has 1 aliphatic rings. The number of aromatic nitrogens is 3. The predicted molar refractivity (Wildman–Crippen MR) is 95.9 cm³/mol. The van der Waals surface area contributed by atoms with Crippen LogP contribution in [0.15, 0.2) is 42.5 Å². The fourth-order valence-electron chi connectivity index (χ4n) is 3.44. The number of hydrogen-bond donors (Lipinski definition) is 1. The van der Waals surface area contributed by atoms with E-state index in [-0.39, 0.29) is 5.69 Å². The van der Waals surface area contributed by atoms with E-state index in [9.17, 15) is 4.79 Å². The third-order valence-corrected chi connectivity index (χ3v) is 4.85. The predicted octanol–water partition coefficient (Wildman–Crippen LogP) is 3.13. The minimum Gasteiger partial charge on any atom is -0.464 e. The molecule has 0 spiro atoms. The molecule has 0 amide bonds. The van der Waals surface area contributed by atoms with Crippen molar-refractivity contribution in [1.82, 2.24) is 15.2 Å². The number of anilines is 1. The topological polar surface area (TPSA) is 71.1 Å². The number of esters is 1. The van der Waals surface area contributed by atoms with E-state index in [0.717, 1.165) is 31.7 Å². The highest BCUT2D eigenvalue weighted by molar-refractivity contribution is 5.87. The molecule has 25 heavy (non-hydrogen) atoms. The van der Waals surface area contributed by atoms with E-state index in [1.165, 1.54) is 23.7 Å². The van der Waals surface area contributed by atoms with E-state index in [2.05, 4.69) is 55.1 Å². The lowest BCUT2D eigenvalue weighted by Crippen LogP contribution is -2.33. The standard InChI is InChI=1S/C19H20N4O2/c1-25-19(24)16-6-7-18(22-21-16)23-10-8-13(9-11-23)17-12-14-4-2-3-5-15(14)20-17/h2-7,12-13,20H,8-11H2,1H3. The number of nitrogens with zero attached hydrogens (tertiary/aromatic N) is 3. The van der Waals surface area contributed by atoms with Gasteiger partial charge in [-0.05, 0) is 42.5 Å². The Labute approximate surface area is 145 Å². The number of carbonyl (C=O) groups is 1. The number of hydrogen-bond acceptors (Lipinski definition) is 5. The zero-order valence-electron chi connectivity index (χ0n) is 14.1. The second-order valence-electron chi connectivity index (χ2n) is 6.34. The lowest BCUT2D eigenvalue weighted by Gasteiger charge is -2.32. The van der Waals surface area contributed by atoms with Crippen molar-refractivity contribution in [3.8, 4) is 0 Å². The molecule has 0 aliphatic carbocycles. The maximum absolute atomic E-state index is 11.4. The molecule has 3 heterocycles. The van der Waals surface area contributed by atoms with Gasteiger partial charge in [0.15, 0.2) is 11.5 Å². The van der Waals surface area contributed by atoms with Gasteiger partial charge in [0.25, 0.3) is 0 Å². The normalized spacial score (nSPS) is 15.5. The van der Waals surface area contributed by atoms with Gasteiger partial charge in [-0.3, -0.25) is 0 Å². The van der Waals surface area contributed by atoms with Crippen molar-refractivity contribution in [3.05, 3.63) is 53.9 Å². The molecule has 0 radical (unpaired) electrons. The van der Waals surface area contributed by atoms with Gasteiger partial charge in [-0.2, -0.15) is 0 Å². The Bertz CT molecular complexity index is 847. The molecule has 0 saturated carbocycles. The fourth-order valence-corrected chi connectivity index (χ4v) is 3.44. The van der Waals surface area contributed by atoms with E-state index in [0.29, 0.717) is 5.92 Å². The van der Waals surface area contributed by atoms with Crippen LogP contribution in [0.1, 0.15) is 34.9 Å². The summed E-state index contributed by atoms with van der Waals surface area (Å²) in [5, 5.41) is 9.40. The molecule has 1 aromatic carbocycles. The van der Waals surface area contributed by atoms with E-state index in [1.807, 2.05) is 6.07 Å². The van der Waals surface area contributed by atoms with Crippen molar-refractivity contribution in [2.24, 2.45) is 0 Å². The first-order valence-electron chi connectivity index (χ1n) is 8.49. The second-order valence-corrected chi connectivity index (χ2v) is 6.34. The maximum Gasteiger partial charge on any atom is 0.358 e. The van der Waals surface area contributed by atoms with Crippen molar-refractivity contribution in [1.29, 1.82) is 0 Å². The molecule has 4 rings (SSSR count). The number of para-hydroxylation sites is 1. The molecule has 1 N–H and O–H groups in total. The largest absolute Gasteiger partial charge is 0.464 e. The number of H-pyrrole nitrogens is 1. The first kappa shape index (κ1) is 15.6. The summed E-state index contributed by atoms with van der Waals surface area (Å²) in [4.78, 5) is 17.2. The van der Waals surface area contributed by atoms with Gasteiger partial charge >= 0.3 is 5.97 Å². The summed E-state index contributed by atoms with van der Waals surface area (Å²) < 4.78 is 4.65. The molecule has 1 saturated heterocycles. The van der Waals surface area contributed by atoms with Crippen molar-refractivity contribution >= 4 is 22.7 Å². The van der Waals surface area contributed by atoms with Gasteiger partial charge in [0.1, 0.15) is 0 Å². The van der Waals surface area contributed by atoms with Crippen molar-refractivity contribution in [3.63, 3.8) is 0 Å². The molecule has 1 fully saturated rings. The van der Waals surface area contributed by atoms with Gasteiger partial charge in [0.05, 0.1) is 7.11 Å². The minimum absolute atomic E-state index is 0.235. The molecular weight excluding hydrogens is 316 g/mol. The summed E-state index contributed by atoms with van der Waals surface area (Å²) in [5.74, 6) is 0.880. The first-order chi connectivity index (χ1) is 12.2. The molecule has 0 atom stereocenters. The highest BCUT2D eigenvalue weighted by Gasteiger charge is 2.23. The number of piperidine rings is 1. The molecule has 6 nitrogen and oxygen atoms in total. The number of carbonyl (C=O) groups excluding carboxylic acids is 1. The van der Waals surface area contributed by atoms with Gasteiger partial charge in [-0.25, -0.2) is 4.79 Å². The average molecular weight is 336 g/mol. The lowest BCUT2D eigenvalue weighted by molar-refractivity contribution is 0.0592. The Kier molecular flexibility index (Phi) is 4.09. The summed E-state index contributed by atoms with van der Waals surface area (Å²) in [6.45, 7) is 1.85. The summed E-state index contributed by atoms with van der Waals surface area (Å²) >= 11 is 0. The average Bonchev–Trinajstić information content (AvgIpc) is 3.12. The highest BCUT2D eigenvalue weighted by atomic mass is 16.5. The molecule has 128 valence electrons. The summed E-state index contributed by atoms with van der Waals surface area (Å²) in [6.07, 6.45) is 2.13. The molecule has 2 aromatic heterocycles. The Balaban J connectivity index is 1.43. The van der Waals surface area contributed by atoms with Crippen LogP contribution in [0.5, 0.6) is 0 Å². The van der Waals surface area contributed by atoms with Crippen LogP contribution in [-0.4, -0.2) is 41.3 Å². The number of rotatable bonds is 3. The molecule has 3 aromatic rings. The number of aromatic amines is 1. The summed E-state index contributed by atoms with van der Waals surface area (Å²) in [7, 11) is 1.34. The van der Waals surface area contributed by atoms with Crippen LogP contribution in [-0.2, 0) is 4.74 Å². The van der Waals surface area contributed by atoms with Crippen molar-refractivity contribution in [2.45, 2.75) is 18.8 Å². The Hall–Kier alpha value is -2.89. The zero-order chi connectivity index (χ0) is 17.2. The van der Waals surface area contributed by atoms with E-state index < -0.39 is 5.97 Å². The molecule has 1 aliphatic heterocycles. The number of nitrogens with one attached hydrogen (secondary N) is 1. The third-order valence-electron chi connectivity index (χ3n) is 4.85. The quantitative estimate of drug-likeness (QED) is 0.744. The van der Waals surface area contributed by atoms with E-state index in [4.69, 9.17) is 0 Å².